The molecule has 4 aromatic rings. The Bertz CT molecular complexity index is 1560. The molecule has 13 heteroatoms. The molecule has 12 nitrogen and oxygen atoms in total. The van der Waals surface area contributed by atoms with Gasteiger partial charge in [-0.2, -0.15) is 5.09 Å². The number of nitrogen functional groups attached to an aromatic ring is 1. The van der Waals surface area contributed by atoms with Gasteiger partial charge in [0.25, 0.3) is 0 Å². The Labute approximate surface area is 238 Å². The van der Waals surface area contributed by atoms with Gasteiger partial charge in [0.1, 0.15) is 36.3 Å². The quantitative estimate of drug-likeness (QED) is 0.150. The summed E-state index contributed by atoms with van der Waals surface area (Å²) in [5.41, 5.74) is 5.93. The molecule has 2 aromatic carbocycles. The van der Waals surface area contributed by atoms with E-state index in [0.717, 1.165) is 0 Å². The molecule has 0 spiro atoms. The molecule has 0 saturated heterocycles. The van der Waals surface area contributed by atoms with Crippen LogP contribution in [0.1, 0.15) is 40.4 Å². The molecule has 4 N–H and O–H groups in total. The van der Waals surface area contributed by atoms with E-state index in [-0.39, 0.29) is 24.3 Å². The zero-order valence-electron chi connectivity index (χ0n) is 23.7. The summed E-state index contributed by atoms with van der Waals surface area (Å²) in [5.74, 6) is 0.147. The largest absolute Gasteiger partial charge is 0.462 e. The van der Waals surface area contributed by atoms with Crippen molar-refractivity contribution in [3.8, 4) is 5.75 Å². The van der Waals surface area contributed by atoms with E-state index in [2.05, 4.69) is 15.1 Å². The van der Waals surface area contributed by atoms with Crippen LogP contribution in [0.15, 0.2) is 54.6 Å². The highest BCUT2D eigenvalue weighted by atomic mass is 31.2. The maximum absolute atomic E-state index is 14.0. The van der Waals surface area contributed by atoms with Gasteiger partial charge in [0.2, 0.25) is 0 Å². The molecule has 0 aliphatic rings. The summed E-state index contributed by atoms with van der Waals surface area (Å²) < 4.78 is 38.0. The fourth-order valence-corrected chi connectivity index (χ4v) is 5.84. The first-order valence-electron chi connectivity index (χ1n) is 13.3. The maximum Gasteiger partial charge on any atom is 0.459 e. The SMILES string of the molecule is CCOCc1nc2c(N)nc3ccccc3c2n1C(C)(O)COP(=O)(N[C@@H](C)C(=O)OC(C)C)Oc1ccccc1. The Balaban J connectivity index is 1.73. The number of benzene rings is 2. The smallest absolute Gasteiger partial charge is 0.459 e. The number of nitrogens with two attached hydrogens (primary N) is 1. The van der Waals surface area contributed by atoms with Crippen LogP contribution in [0.5, 0.6) is 5.75 Å². The number of nitrogens with zero attached hydrogens (tertiary/aromatic N) is 3. The molecule has 0 aliphatic heterocycles. The summed E-state index contributed by atoms with van der Waals surface area (Å²) in [6.45, 7) is 8.16. The van der Waals surface area contributed by atoms with Gasteiger partial charge in [0.05, 0.1) is 17.1 Å². The molecule has 0 amide bonds. The Morgan fingerprint density at radius 3 is 2.49 bits per heavy atom. The summed E-state index contributed by atoms with van der Waals surface area (Å²) in [4.78, 5) is 21.6. The highest BCUT2D eigenvalue weighted by molar-refractivity contribution is 7.52. The molecule has 2 unspecified atom stereocenters. The number of carbonyl (C=O) groups excluding carboxylic acids is 1. The molecule has 41 heavy (non-hydrogen) atoms. The van der Waals surface area contributed by atoms with Crippen LogP contribution < -0.4 is 15.3 Å². The number of aromatic nitrogens is 3. The van der Waals surface area contributed by atoms with Crippen molar-refractivity contribution in [3.05, 3.63) is 60.4 Å². The van der Waals surface area contributed by atoms with Gasteiger partial charge in [-0.15, -0.1) is 0 Å². The number of imidazole rings is 1. The zero-order valence-corrected chi connectivity index (χ0v) is 24.6. The Kier molecular flexibility index (Phi) is 9.31. The summed E-state index contributed by atoms with van der Waals surface area (Å²) in [7, 11) is -4.26. The summed E-state index contributed by atoms with van der Waals surface area (Å²) in [5, 5.41) is 15.2. The minimum Gasteiger partial charge on any atom is -0.462 e. The van der Waals surface area contributed by atoms with E-state index < -0.39 is 32.1 Å². The fourth-order valence-electron chi connectivity index (χ4n) is 4.26. The van der Waals surface area contributed by atoms with E-state index in [1.807, 2.05) is 25.1 Å². The lowest BCUT2D eigenvalue weighted by molar-refractivity contribution is -0.149. The van der Waals surface area contributed by atoms with Crippen LogP contribution in [0.2, 0.25) is 0 Å². The van der Waals surface area contributed by atoms with Crippen LogP contribution in [-0.4, -0.2) is 51.0 Å². The number of carbonyl (C=O) groups is 1. The number of hydrogen-bond donors (Lipinski definition) is 3. The molecule has 0 bridgehead atoms. The lowest BCUT2D eigenvalue weighted by atomic mass is 10.1. The summed E-state index contributed by atoms with van der Waals surface area (Å²) in [6.07, 6.45) is -0.377. The maximum atomic E-state index is 14.0. The van der Waals surface area contributed by atoms with E-state index in [0.29, 0.717) is 34.4 Å². The van der Waals surface area contributed by atoms with Gasteiger partial charge in [0.15, 0.2) is 11.5 Å². The molecular formula is C28H36N5O7P. The second-order valence-corrected chi connectivity index (χ2v) is 11.6. The first-order valence-corrected chi connectivity index (χ1v) is 14.8. The fraction of sp³-hybridized carbons (Fsp3) is 0.393. The number of anilines is 1. The monoisotopic (exact) mass is 585 g/mol. The van der Waals surface area contributed by atoms with Crippen LogP contribution in [0.3, 0.4) is 0 Å². The van der Waals surface area contributed by atoms with Crippen molar-refractivity contribution in [2.24, 2.45) is 0 Å². The predicted octanol–water partition coefficient (Wildman–Crippen LogP) is 4.50. The van der Waals surface area contributed by atoms with Crippen molar-refractivity contribution in [3.63, 3.8) is 0 Å². The first kappa shape index (κ1) is 30.4. The van der Waals surface area contributed by atoms with Crippen molar-refractivity contribution in [1.29, 1.82) is 0 Å². The van der Waals surface area contributed by atoms with Crippen LogP contribution in [-0.2, 0) is 35.7 Å². The van der Waals surface area contributed by atoms with Gasteiger partial charge < -0.3 is 24.8 Å². The van der Waals surface area contributed by atoms with E-state index in [1.54, 1.807) is 54.8 Å². The molecule has 3 atom stereocenters. The average molecular weight is 586 g/mol. The topological polar surface area (TPSA) is 160 Å². The zero-order chi connectivity index (χ0) is 29.8. The van der Waals surface area contributed by atoms with Crippen molar-refractivity contribution < 1.29 is 33.0 Å². The van der Waals surface area contributed by atoms with Crippen molar-refractivity contribution in [1.82, 2.24) is 19.6 Å². The van der Waals surface area contributed by atoms with Gasteiger partial charge in [-0.05, 0) is 52.8 Å². The predicted molar refractivity (Wildman–Crippen MR) is 155 cm³/mol. The number of rotatable bonds is 13. The highest BCUT2D eigenvalue weighted by Gasteiger charge is 2.38. The van der Waals surface area contributed by atoms with E-state index in [9.17, 15) is 14.5 Å². The number of ether oxygens (including phenoxy) is 2. The lowest BCUT2D eigenvalue weighted by Gasteiger charge is -2.30. The first-order chi connectivity index (χ1) is 19.4. The number of aliphatic hydroxyl groups is 1. The van der Waals surface area contributed by atoms with Crippen LogP contribution in [0.4, 0.5) is 5.82 Å². The Morgan fingerprint density at radius 1 is 1.12 bits per heavy atom. The molecular weight excluding hydrogens is 549 g/mol. The van der Waals surface area contributed by atoms with Crippen molar-refractivity contribution in [2.45, 2.75) is 59.1 Å². The molecule has 4 rings (SSSR count). The van der Waals surface area contributed by atoms with Gasteiger partial charge >= 0.3 is 13.7 Å². The van der Waals surface area contributed by atoms with Crippen molar-refractivity contribution in [2.75, 3.05) is 18.9 Å². The second kappa shape index (κ2) is 12.5. The average Bonchev–Trinajstić information content (AvgIpc) is 3.32. The molecule has 0 saturated carbocycles. The molecule has 0 aliphatic carbocycles. The lowest BCUT2D eigenvalue weighted by Crippen LogP contribution is -2.40. The normalized spacial score (nSPS) is 15.5. The minimum absolute atomic E-state index is 0.0591. The third kappa shape index (κ3) is 7.03. The Hall–Kier alpha value is -3.54. The number of pyridine rings is 1. The van der Waals surface area contributed by atoms with E-state index in [4.69, 9.17) is 24.3 Å². The minimum atomic E-state index is -4.26. The third-order valence-electron chi connectivity index (χ3n) is 6.04. The Morgan fingerprint density at radius 2 is 1.80 bits per heavy atom. The van der Waals surface area contributed by atoms with Gasteiger partial charge in [-0.25, -0.2) is 14.5 Å². The number of nitrogens with one attached hydrogen (secondary N) is 1. The number of para-hydroxylation sites is 2. The number of fused-ring (bicyclic) bond motifs is 3. The third-order valence-corrected chi connectivity index (χ3v) is 7.66. The van der Waals surface area contributed by atoms with Crippen LogP contribution in [0, 0.1) is 0 Å². The van der Waals surface area contributed by atoms with Gasteiger partial charge in [-0.1, -0.05) is 36.4 Å². The molecule has 2 heterocycles. The molecule has 0 fully saturated rings. The van der Waals surface area contributed by atoms with Crippen molar-refractivity contribution >= 4 is 41.5 Å². The summed E-state index contributed by atoms with van der Waals surface area (Å²) >= 11 is 0. The highest BCUT2D eigenvalue weighted by Crippen LogP contribution is 2.46. The van der Waals surface area contributed by atoms with Crippen LogP contribution >= 0.6 is 7.75 Å². The standard InChI is InChI=1S/C28H36N5O7P/c1-6-37-16-23-31-24-25(21-14-10-11-15-22(21)30-26(24)29)33(23)28(5,35)17-38-41(36,40-20-12-8-7-9-13-20)32-19(4)27(34)39-18(2)3/h7-15,18-19,35H,6,16-17H2,1-5H3,(H2,29,30)(H,32,36)/t19-,28?,41?/m0/s1. The number of hydrogen-bond acceptors (Lipinski definition) is 10. The van der Waals surface area contributed by atoms with E-state index in [1.165, 1.54) is 13.8 Å². The second-order valence-electron chi connectivity index (χ2n) is 9.94. The van der Waals surface area contributed by atoms with Crippen LogP contribution in [0.25, 0.3) is 21.9 Å². The number of esters is 1. The van der Waals surface area contributed by atoms with Gasteiger partial charge in [-0.3, -0.25) is 13.9 Å². The molecule has 2 aromatic heterocycles. The molecule has 0 radical (unpaired) electrons. The van der Waals surface area contributed by atoms with E-state index >= 15 is 0 Å². The summed E-state index contributed by atoms with van der Waals surface area (Å²) in [6, 6.07) is 14.6. The van der Waals surface area contributed by atoms with Gasteiger partial charge in [0, 0.05) is 12.0 Å². The molecule has 220 valence electrons.